The van der Waals surface area contributed by atoms with Crippen LogP contribution >= 0.6 is 45.9 Å². The molecule has 0 aliphatic carbocycles. The van der Waals surface area contributed by atoms with E-state index in [-0.39, 0.29) is 18.8 Å². The minimum atomic E-state index is -0.634. The van der Waals surface area contributed by atoms with E-state index >= 15 is 0 Å². The molecule has 1 aliphatic heterocycles. The van der Waals surface area contributed by atoms with E-state index in [0.717, 1.165) is 4.88 Å². The van der Waals surface area contributed by atoms with E-state index in [9.17, 15) is 9.59 Å². The van der Waals surface area contributed by atoms with Crippen LogP contribution in [0, 0.1) is 0 Å². The number of halogens is 2. The highest BCUT2D eigenvalue weighted by molar-refractivity contribution is 7.10. The van der Waals surface area contributed by atoms with Gasteiger partial charge in [-0.05, 0) is 36.6 Å². The Morgan fingerprint density at radius 2 is 1.97 bits per heavy atom. The fraction of sp³-hybridized carbons (Fsp3) is 0.227. The zero-order valence-electron chi connectivity index (χ0n) is 17.1. The molecule has 0 amide bonds. The molecule has 1 aliphatic rings. The van der Waals surface area contributed by atoms with Gasteiger partial charge in [-0.15, -0.1) is 11.3 Å². The van der Waals surface area contributed by atoms with Gasteiger partial charge in [-0.25, -0.2) is 9.79 Å². The van der Waals surface area contributed by atoms with Gasteiger partial charge in [0.05, 0.1) is 22.4 Å². The van der Waals surface area contributed by atoms with Crippen molar-refractivity contribution in [3.05, 3.63) is 87.2 Å². The number of carbonyl (C=O) groups is 1. The largest absolute Gasteiger partial charge is 0.460 e. The van der Waals surface area contributed by atoms with Crippen LogP contribution in [0.1, 0.15) is 23.4 Å². The Morgan fingerprint density at radius 1 is 1.22 bits per heavy atom. The van der Waals surface area contributed by atoms with Gasteiger partial charge in [0.2, 0.25) is 0 Å². The molecular weight excluding hydrogens is 491 g/mol. The third kappa shape index (κ3) is 4.33. The minimum absolute atomic E-state index is 0.110. The molecule has 0 saturated carbocycles. The van der Waals surface area contributed by atoms with E-state index in [2.05, 4.69) is 4.99 Å². The van der Waals surface area contributed by atoms with E-state index in [1.807, 2.05) is 17.5 Å². The van der Waals surface area contributed by atoms with Crippen LogP contribution in [0.2, 0.25) is 10.0 Å². The fourth-order valence-corrected chi connectivity index (χ4v) is 5.73. The number of carbonyl (C=O) groups excluding carboxylic acids is 1. The summed E-state index contributed by atoms with van der Waals surface area (Å²) in [6.07, 6.45) is 1.66. The lowest BCUT2D eigenvalue weighted by Gasteiger charge is -2.23. The average Bonchev–Trinajstić information content (AvgIpc) is 3.39. The maximum atomic E-state index is 13.5. The van der Waals surface area contributed by atoms with E-state index < -0.39 is 12.0 Å². The third-order valence-corrected chi connectivity index (χ3v) is 7.42. The fourth-order valence-electron chi connectivity index (χ4n) is 3.37. The Hall–Kier alpha value is -2.23. The molecule has 0 spiro atoms. The van der Waals surface area contributed by atoms with E-state index in [1.165, 1.54) is 34.4 Å². The molecule has 3 aromatic rings. The van der Waals surface area contributed by atoms with Crippen molar-refractivity contribution in [2.24, 2.45) is 4.99 Å². The molecule has 1 aromatic carbocycles. The second-order valence-electron chi connectivity index (χ2n) is 6.86. The summed E-state index contributed by atoms with van der Waals surface area (Å²) in [6, 6.07) is 8.29. The molecule has 3 heterocycles. The normalized spacial score (nSPS) is 16.1. The lowest BCUT2D eigenvalue weighted by atomic mass is 10.0. The SMILES string of the molecule is COCCOC(=O)C1=C(C)N=c2s/c(=C\c3c(Cl)cccc3Cl)c(=O)n2[C@@H]1c1cccs1. The molecule has 0 bridgehead atoms. The van der Waals surface area contributed by atoms with Gasteiger partial charge in [0.25, 0.3) is 5.56 Å². The predicted octanol–water partition coefficient (Wildman–Crippen LogP) is 3.79. The first-order chi connectivity index (χ1) is 15.4. The molecule has 166 valence electrons. The van der Waals surface area contributed by atoms with Crippen molar-refractivity contribution in [2.45, 2.75) is 13.0 Å². The summed E-state index contributed by atoms with van der Waals surface area (Å²) in [5.41, 5.74) is 1.12. The Morgan fingerprint density at radius 3 is 2.62 bits per heavy atom. The molecule has 0 unspecified atom stereocenters. The van der Waals surface area contributed by atoms with Crippen molar-refractivity contribution in [1.82, 2.24) is 4.57 Å². The second kappa shape index (κ2) is 9.72. The maximum absolute atomic E-state index is 13.5. The van der Waals surface area contributed by atoms with Crippen LogP contribution in [0.25, 0.3) is 6.08 Å². The monoisotopic (exact) mass is 508 g/mol. The predicted molar refractivity (Wildman–Crippen MR) is 127 cm³/mol. The van der Waals surface area contributed by atoms with E-state index in [1.54, 1.807) is 31.2 Å². The molecule has 2 aromatic heterocycles. The molecular formula is C22H18Cl2N2O4S2. The van der Waals surface area contributed by atoms with E-state index in [4.69, 9.17) is 32.7 Å². The van der Waals surface area contributed by atoms with Crippen molar-refractivity contribution in [3.8, 4) is 0 Å². The maximum Gasteiger partial charge on any atom is 0.338 e. The number of hydrogen-bond donors (Lipinski definition) is 0. The third-order valence-electron chi connectivity index (χ3n) is 4.85. The van der Waals surface area contributed by atoms with Crippen LogP contribution in [-0.4, -0.2) is 30.9 Å². The van der Waals surface area contributed by atoms with Gasteiger partial charge in [-0.3, -0.25) is 9.36 Å². The summed E-state index contributed by atoms with van der Waals surface area (Å²) in [5, 5.41) is 2.78. The summed E-state index contributed by atoms with van der Waals surface area (Å²) in [4.78, 5) is 32.3. The Bertz CT molecular complexity index is 1350. The highest BCUT2D eigenvalue weighted by Gasteiger charge is 2.34. The van der Waals surface area contributed by atoms with Crippen LogP contribution in [0.15, 0.2) is 56.8 Å². The Balaban J connectivity index is 1.89. The lowest BCUT2D eigenvalue weighted by Crippen LogP contribution is -2.39. The van der Waals surface area contributed by atoms with Gasteiger partial charge in [-0.1, -0.05) is 46.7 Å². The molecule has 32 heavy (non-hydrogen) atoms. The first-order valence-corrected chi connectivity index (χ1v) is 12.0. The average molecular weight is 509 g/mol. The minimum Gasteiger partial charge on any atom is -0.460 e. The van der Waals surface area contributed by atoms with Crippen LogP contribution in [0.5, 0.6) is 0 Å². The summed E-state index contributed by atoms with van der Waals surface area (Å²) >= 11 is 15.3. The number of aromatic nitrogens is 1. The smallest absolute Gasteiger partial charge is 0.338 e. The van der Waals surface area contributed by atoms with Crippen molar-refractivity contribution in [2.75, 3.05) is 20.3 Å². The molecule has 1 atom stereocenters. The number of thiazole rings is 1. The first-order valence-electron chi connectivity index (χ1n) is 9.58. The zero-order valence-corrected chi connectivity index (χ0v) is 20.3. The number of ether oxygens (including phenoxy) is 2. The van der Waals surface area contributed by atoms with Crippen LogP contribution in [0.3, 0.4) is 0 Å². The second-order valence-corrected chi connectivity index (χ2v) is 9.66. The number of nitrogens with zero attached hydrogens (tertiary/aromatic N) is 2. The van der Waals surface area contributed by atoms with Gasteiger partial charge >= 0.3 is 5.97 Å². The van der Waals surface area contributed by atoms with Gasteiger partial charge in [0, 0.05) is 27.6 Å². The first kappa shape index (κ1) is 22.9. The number of rotatable bonds is 6. The molecule has 10 heteroatoms. The quantitative estimate of drug-likeness (QED) is 0.375. The zero-order chi connectivity index (χ0) is 22.8. The van der Waals surface area contributed by atoms with Crippen LogP contribution in [0.4, 0.5) is 0 Å². The van der Waals surface area contributed by atoms with Crippen molar-refractivity contribution in [1.29, 1.82) is 0 Å². The summed E-state index contributed by atoms with van der Waals surface area (Å²) in [5.74, 6) is -0.523. The highest BCUT2D eigenvalue weighted by Crippen LogP contribution is 2.33. The number of fused-ring (bicyclic) bond motifs is 1. The topological polar surface area (TPSA) is 69.9 Å². The molecule has 0 radical (unpaired) electrons. The number of esters is 1. The number of hydrogen-bond acceptors (Lipinski definition) is 7. The Labute approximate surface area is 201 Å². The van der Waals surface area contributed by atoms with Gasteiger partial charge in [0.15, 0.2) is 4.80 Å². The molecule has 0 saturated heterocycles. The van der Waals surface area contributed by atoms with Gasteiger partial charge in [-0.2, -0.15) is 0 Å². The number of thiophene rings is 1. The summed E-state index contributed by atoms with van der Waals surface area (Å²) < 4.78 is 12.3. The number of benzene rings is 1. The van der Waals surface area contributed by atoms with Crippen molar-refractivity contribution < 1.29 is 14.3 Å². The van der Waals surface area contributed by atoms with Gasteiger partial charge in [0.1, 0.15) is 12.6 Å². The number of methoxy groups -OCH3 is 1. The lowest BCUT2D eigenvalue weighted by molar-refractivity contribution is -0.140. The van der Waals surface area contributed by atoms with Crippen LogP contribution in [-0.2, 0) is 14.3 Å². The molecule has 0 N–H and O–H groups in total. The van der Waals surface area contributed by atoms with Crippen LogP contribution < -0.4 is 14.9 Å². The number of allylic oxidation sites excluding steroid dienone is 1. The molecule has 6 nitrogen and oxygen atoms in total. The van der Waals surface area contributed by atoms with E-state index in [0.29, 0.717) is 36.2 Å². The van der Waals surface area contributed by atoms with Crippen molar-refractivity contribution in [3.63, 3.8) is 0 Å². The standard InChI is InChI=1S/C22H18Cl2N2O4S2/c1-12-18(21(28)30-9-8-29-2)19(16-7-4-10-31-16)26-20(27)17(32-22(26)25-12)11-13-14(23)5-3-6-15(13)24/h3-7,10-11,19H,8-9H2,1-2H3/b17-11-/t19-/m1/s1. The molecule has 4 rings (SSSR count). The summed E-state index contributed by atoms with van der Waals surface area (Å²) in [6.45, 7) is 2.13. The molecule has 0 fully saturated rings. The highest BCUT2D eigenvalue weighted by atomic mass is 35.5. The Kier molecular flexibility index (Phi) is 6.97. The summed E-state index contributed by atoms with van der Waals surface area (Å²) in [7, 11) is 1.53. The van der Waals surface area contributed by atoms with Gasteiger partial charge < -0.3 is 9.47 Å². The van der Waals surface area contributed by atoms with Crippen molar-refractivity contribution >= 4 is 57.9 Å².